The fourth-order valence-electron chi connectivity index (χ4n) is 3.58. The molecule has 0 N–H and O–H groups in total. The Bertz CT molecular complexity index is 488. The van der Waals surface area contributed by atoms with Gasteiger partial charge in [-0.25, -0.2) is 4.98 Å². The van der Waals surface area contributed by atoms with Crippen LogP contribution in [-0.4, -0.2) is 44.5 Å². The van der Waals surface area contributed by atoms with Crippen molar-refractivity contribution in [3.8, 4) is 0 Å². The summed E-state index contributed by atoms with van der Waals surface area (Å²) in [7, 11) is 0. The maximum Gasteiger partial charge on any atom is 0.232 e. The zero-order chi connectivity index (χ0) is 15.4. The number of imidazole rings is 1. The van der Waals surface area contributed by atoms with E-state index < -0.39 is 0 Å². The highest BCUT2D eigenvalue weighted by atomic mass is 32.2. The van der Waals surface area contributed by atoms with Crippen LogP contribution in [0.5, 0.6) is 0 Å². The van der Waals surface area contributed by atoms with Crippen LogP contribution in [0.15, 0.2) is 12.4 Å². The van der Waals surface area contributed by atoms with Gasteiger partial charge in [-0.2, -0.15) is 0 Å². The smallest absolute Gasteiger partial charge is 0.232 e. The Morgan fingerprint density at radius 2 is 2.00 bits per heavy atom. The van der Waals surface area contributed by atoms with Crippen LogP contribution < -0.4 is 0 Å². The topological polar surface area (TPSA) is 38.1 Å². The first-order chi connectivity index (χ1) is 10.7. The van der Waals surface area contributed by atoms with E-state index in [0.29, 0.717) is 17.6 Å². The lowest BCUT2D eigenvalue weighted by Crippen LogP contribution is -2.40. The Morgan fingerprint density at radius 1 is 1.27 bits per heavy atom. The minimum atomic E-state index is 0.356. The van der Waals surface area contributed by atoms with Gasteiger partial charge in [-0.3, -0.25) is 4.79 Å². The fourth-order valence-corrected chi connectivity index (χ4v) is 4.80. The highest BCUT2D eigenvalue weighted by Gasteiger charge is 2.24. The molecule has 122 valence electrons. The number of nitrogens with zero attached hydrogens (tertiary/aromatic N) is 3. The molecule has 0 radical (unpaired) electrons. The quantitative estimate of drug-likeness (QED) is 0.836. The van der Waals surface area contributed by atoms with Gasteiger partial charge in [0.2, 0.25) is 5.91 Å². The van der Waals surface area contributed by atoms with Crippen molar-refractivity contribution in [3.05, 3.63) is 18.2 Å². The molecule has 0 spiro atoms. The van der Waals surface area contributed by atoms with Gasteiger partial charge < -0.3 is 9.47 Å². The molecule has 0 bridgehead atoms. The second-order valence-electron chi connectivity index (χ2n) is 6.67. The van der Waals surface area contributed by atoms with E-state index in [0.717, 1.165) is 43.6 Å². The molecule has 1 saturated heterocycles. The first-order valence-electron chi connectivity index (χ1n) is 8.59. The van der Waals surface area contributed by atoms with E-state index in [2.05, 4.69) is 27.6 Å². The van der Waals surface area contributed by atoms with E-state index in [1.807, 2.05) is 18.0 Å². The van der Waals surface area contributed by atoms with Crippen molar-refractivity contribution in [2.75, 3.05) is 18.8 Å². The molecule has 2 aliphatic rings. The Labute approximate surface area is 137 Å². The van der Waals surface area contributed by atoms with Crippen molar-refractivity contribution >= 4 is 17.7 Å². The molecule has 2 heterocycles. The number of rotatable bonds is 5. The van der Waals surface area contributed by atoms with E-state index in [9.17, 15) is 4.79 Å². The summed E-state index contributed by atoms with van der Waals surface area (Å²) < 4.78 is 2.23. The van der Waals surface area contributed by atoms with Gasteiger partial charge in [0.1, 0.15) is 5.82 Å². The summed E-state index contributed by atoms with van der Waals surface area (Å²) in [6.07, 6.45) is 11.5. The van der Waals surface area contributed by atoms with E-state index in [1.54, 1.807) is 0 Å². The summed E-state index contributed by atoms with van der Waals surface area (Å²) in [5.41, 5.74) is 0. The summed E-state index contributed by atoms with van der Waals surface area (Å²) in [6, 6.07) is 0. The molecule has 4 nitrogen and oxygen atoms in total. The van der Waals surface area contributed by atoms with Crippen molar-refractivity contribution in [2.24, 2.45) is 5.92 Å². The molecule has 0 aromatic carbocycles. The SMILES string of the molecule is Cc1nccn1CC1CCN(C(=O)CSC2CCCC2)CC1. The van der Waals surface area contributed by atoms with Crippen LogP contribution in [0.4, 0.5) is 0 Å². The predicted molar refractivity (Wildman–Crippen MR) is 91.0 cm³/mol. The monoisotopic (exact) mass is 321 g/mol. The number of carbonyl (C=O) groups is 1. The maximum atomic E-state index is 12.3. The molecule has 1 aromatic heterocycles. The molecule has 5 heteroatoms. The largest absolute Gasteiger partial charge is 0.342 e. The van der Waals surface area contributed by atoms with Crippen LogP contribution in [0.1, 0.15) is 44.3 Å². The average Bonchev–Trinajstić information content (AvgIpc) is 3.18. The number of hydrogen-bond acceptors (Lipinski definition) is 3. The number of aromatic nitrogens is 2. The molecular formula is C17H27N3OS. The molecule has 1 aliphatic carbocycles. The zero-order valence-electron chi connectivity index (χ0n) is 13.5. The zero-order valence-corrected chi connectivity index (χ0v) is 14.4. The molecule has 0 unspecified atom stereocenters. The predicted octanol–water partition coefficient (Wildman–Crippen LogP) is 3.11. The van der Waals surface area contributed by atoms with E-state index in [4.69, 9.17) is 0 Å². The van der Waals surface area contributed by atoms with E-state index in [-0.39, 0.29) is 0 Å². The van der Waals surface area contributed by atoms with Crippen molar-refractivity contribution in [2.45, 2.75) is 57.2 Å². The molecule has 22 heavy (non-hydrogen) atoms. The summed E-state index contributed by atoms with van der Waals surface area (Å²) in [4.78, 5) is 18.7. The number of carbonyl (C=O) groups excluding carboxylic acids is 1. The third-order valence-electron chi connectivity index (χ3n) is 5.09. The second-order valence-corrected chi connectivity index (χ2v) is 7.96. The summed E-state index contributed by atoms with van der Waals surface area (Å²) in [6.45, 7) is 4.97. The van der Waals surface area contributed by atoms with Gasteiger partial charge in [0, 0.05) is 37.3 Å². The molecule has 1 amide bonds. The van der Waals surface area contributed by atoms with Crippen LogP contribution in [0, 0.1) is 12.8 Å². The van der Waals surface area contributed by atoms with Gasteiger partial charge in [0.05, 0.1) is 5.75 Å². The van der Waals surface area contributed by atoms with Crippen LogP contribution in [-0.2, 0) is 11.3 Å². The van der Waals surface area contributed by atoms with Gasteiger partial charge in [-0.15, -0.1) is 11.8 Å². The molecule has 3 rings (SSSR count). The Kier molecular flexibility index (Phi) is 5.45. The lowest BCUT2D eigenvalue weighted by molar-refractivity contribution is -0.129. The number of amides is 1. The van der Waals surface area contributed by atoms with Gasteiger partial charge >= 0.3 is 0 Å². The van der Waals surface area contributed by atoms with E-state index in [1.165, 1.54) is 25.7 Å². The van der Waals surface area contributed by atoms with Gasteiger partial charge in [0.25, 0.3) is 0 Å². The highest BCUT2D eigenvalue weighted by molar-refractivity contribution is 8.00. The molecular weight excluding hydrogens is 294 g/mol. The van der Waals surface area contributed by atoms with Crippen molar-refractivity contribution < 1.29 is 4.79 Å². The number of piperidine rings is 1. The van der Waals surface area contributed by atoms with Crippen molar-refractivity contribution in [1.29, 1.82) is 0 Å². The fraction of sp³-hybridized carbons (Fsp3) is 0.765. The lowest BCUT2D eigenvalue weighted by atomic mass is 9.96. The minimum Gasteiger partial charge on any atom is -0.342 e. The first-order valence-corrected chi connectivity index (χ1v) is 9.64. The summed E-state index contributed by atoms with van der Waals surface area (Å²) in [5.74, 6) is 2.82. The van der Waals surface area contributed by atoms with Crippen LogP contribution in [0.3, 0.4) is 0 Å². The Morgan fingerprint density at radius 3 is 2.64 bits per heavy atom. The maximum absolute atomic E-state index is 12.3. The second kappa shape index (κ2) is 7.53. The van der Waals surface area contributed by atoms with Gasteiger partial charge in [-0.1, -0.05) is 12.8 Å². The van der Waals surface area contributed by atoms with Crippen LogP contribution in [0.2, 0.25) is 0 Å². The van der Waals surface area contributed by atoms with Crippen LogP contribution >= 0.6 is 11.8 Å². The number of hydrogen-bond donors (Lipinski definition) is 0. The first kappa shape index (κ1) is 15.9. The van der Waals surface area contributed by atoms with Gasteiger partial charge in [0.15, 0.2) is 0 Å². The molecule has 2 fully saturated rings. The number of aryl methyl sites for hydroxylation is 1. The molecule has 1 aliphatic heterocycles. The standard InChI is InChI=1S/C17H27N3OS/c1-14-18-8-11-20(14)12-15-6-9-19(10-7-15)17(21)13-22-16-4-2-3-5-16/h8,11,15-16H,2-7,9-10,12-13H2,1H3. The number of likely N-dealkylation sites (tertiary alicyclic amines) is 1. The average molecular weight is 321 g/mol. The lowest BCUT2D eigenvalue weighted by Gasteiger charge is -2.32. The third kappa shape index (κ3) is 4.06. The normalized spacial score (nSPS) is 20.7. The summed E-state index contributed by atoms with van der Waals surface area (Å²) in [5, 5.41) is 0.741. The minimum absolute atomic E-state index is 0.356. The highest BCUT2D eigenvalue weighted by Crippen LogP contribution is 2.30. The molecule has 0 atom stereocenters. The van der Waals surface area contributed by atoms with Crippen molar-refractivity contribution in [3.63, 3.8) is 0 Å². The summed E-state index contributed by atoms with van der Waals surface area (Å²) >= 11 is 1.89. The molecule has 1 aromatic rings. The third-order valence-corrected chi connectivity index (χ3v) is 6.45. The Hall–Kier alpha value is -0.970. The van der Waals surface area contributed by atoms with E-state index >= 15 is 0 Å². The Balaban J connectivity index is 1.39. The van der Waals surface area contributed by atoms with Crippen LogP contribution in [0.25, 0.3) is 0 Å². The van der Waals surface area contributed by atoms with Crippen molar-refractivity contribution in [1.82, 2.24) is 14.5 Å². The number of thioether (sulfide) groups is 1. The van der Waals surface area contributed by atoms with Gasteiger partial charge in [-0.05, 0) is 38.5 Å². The molecule has 1 saturated carbocycles.